The summed E-state index contributed by atoms with van der Waals surface area (Å²) in [6, 6.07) is -0.541. The first kappa shape index (κ1) is 90.3. The van der Waals surface area contributed by atoms with Crippen LogP contribution in [0.4, 0.5) is 0 Å². The molecule has 2 atom stereocenters. The van der Waals surface area contributed by atoms with E-state index in [1.165, 1.54) is 411 Å². The van der Waals surface area contributed by atoms with Crippen molar-refractivity contribution < 1.29 is 24.5 Å². The number of unbranched alkanes of at least 4 members (excludes halogenated alkanes) is 66. The normalized spacial score (nSPS) is 12.5. The molecule has 0 aromatic carbocycles. The second-order valence-corrected chi connectivity index (χ2v) is 29.5. The summed E-state index contributed by atoms with van der Waals surface area (Å²) in [6.07, 6.45) is 106. The molecule has 0 saturated heterocycles. The van der Waals surface area contributed by atoms with E-state index in [2.05, 4.69) is 43.5 Å². The number of aliphatic hydroxyl groups excluding tert-OH is 2. The van der Waals surface area contributed by atoms with E-state index in [-0.39, 0.29) is 18.5 Å². The van der Waals surface area contributed by atoms with E-state index in [0.717, 1.165) is 44.9 Å². The fourth-order valence-electron chi connectivity index (χ4n) is 13.8. The van der Waals surface area contributed by atoms with Gasteiger partial charge < -0.3 is 20.3 Å². The molecule has 2 unspecified atom stereocenters. The van der Waals surface area contributed by atoms with E-state index < -0.39 is 12.1 Å². The van der Waals surface area contributed by atoms with Crippen molar-refractivity contribution in [3.8, 4) is 0 Å². The Bertz CT molecular complexity index is 1450. The molecule has 92 heavy (non-hydrogen) atoms. The highest BCUT2D eigenvalue weighted by molar-refractivity contribution is 5.76. The quantitative estimate of drug-likeness (QED) is 0.0320. The average Bonchev–Trinajstić information content (AvgIpc) is 3.48. The van der Waals surface area contributed by atoms with E-state index in [1.54, 1.807) is 0 Å². The maximum absolute atomic E-state index is 12.6. The number of hydrogen-bond donors (Lipinski definition) is 3. The summed E-state index contributed by atoms with van der Waals surface area (Å²) in [4.78, 5) is 24.7. The van der Waals surface area contributed by atoms with Crippen LogP contribution in [0.15, 0.2) is 24.3 Å². The van der Waals surface area contributed by atoms with Crippen molar-refractivity contribution in [3.63, 3.8) is 0 Å². The Morgan fingerprint density at radius 1 is 0.304 bits per heavy atom. The van der Waals surface area contributed by atoms with Crippen LogP contribution in [0.3, 0.4) is 0 Å². The minimum absolute atomic E-state index is 0.0203. The van der Waals surface area contributed by atoms with Gasteiger partial charge in [-0.15, -0.1) is 0 Å². The van der Waals surface area contributed by atoms with E-state index in [1.807, 2.05) is 0 Å². The lowest BCUT2D eigenvalue weighted by Gasteiger charge is -2.22. The largest absolute Gasteiger partial charge is 0.466 e. The Kier molecular flexibility index (Phi) is 80.3. The number of hydrogen-bond acceptors (Lipinski definition) is 5. The van der Waals surface area contributed by atoms with Crippen LogP contribution < -0.4 is 5.32 Å². The van der Waals surface area contributed by atoms with Crippen LogP contribution in [0.2, 0.25) is 0 Å². The van der Waals surface area contributed by atoms with Gasteiger partial charge in [0.25, 0.3) is 0 Å². The number of carbonyl (C=O) groups excluding carboxylic acids is 2. The van der Waals surface area contributed by atoms with E-state index in [0.29, 0.717) is 25.9 Å². The maximum atomic E-state index is 12.6. The summed E-state index contributed by atoms with van der Waals surface area (Å²) < 4.78 is 5.52. The van der Waals surface area contributed by atoms with Crippen molar-refractivity contribution in [2.45, 2.75) is 501 Å². The van der Waals surface area contributed by atoms with Gasteiger partial charge in [0.15, 0.2) is 0 Å². The van der Waals surface area contributed by atoms with Crippen molar-refractivity contribution in [1.29, 1.82) is 0 Å². The molecule has 1 amide bonds. The van der Waals surface area contributed by atoms with Crippen molar-refractivity contribution in [3.05, 3.63) is 24.3 Å². The minimum Gasteiger partial charge on any atom is -0.466 e. The molecule has 0 spiro atoms. The third-order valence-electron chi connectivity index (χ3n) is 20.3. The Morgan fingerprint density at radius 3 is 0.826 bits per heavy atom. The maximum Gasteiger partial charge on any atom is 0.305 e. The Morgan fingerprint density at radius 2 is 0.543 bits per heavy atom. The fourth-order valence-corrected chi connectivity index (χ4v) is 13.8. The zero-order valence-corrected chi connectivity index (χ0v) is 62.8. The molecule has 0 aliphatic rings. The number of carbonyl (C=O) groups is 2. The number of esters is 1. The van der Waals surface area contributed by atoms with Gasteiger partial charge in [-0.2, -0.15) is 0 Å². The Balaban J connectivity index is 3.36. The number of ether oxygens (including phenoxy) is 1. The van der Waals surface area contributed by atoms with Crippen molar-refractivity contribution in [1.82, 2.24) is 5.32 Å². The monoisotopic (exact) mass is 1290 g/mol. The van der Waals surface area contributed by atoms with Gasteiger partial charge in [-0.3, -0.25) is 9.59 Å². The summed E-state index contributed by atoms with van der Waals surface area (Å²) in [7, 11) is 0. The summed E-state index contributed by atoms with van der Waals surface area (Å²) in [5.74, 6) is -0.00679. The molecule has 0 fully saturated rings. The number of nitrogens with one attached hydrogen (secondary N) is 1. The SMILES string of the molecule is CCCCCCCCCCCCCCCCCCCCCCCCCC(O)C(CO)NC(=O)CCCCCCCCCCCCCCCCCCC/C=C\C/C=C\CCCCCCCCCCCOC(=O)CCCCCCCCCCCCCCCCCCCCC. The molecular formula is C86H167NO5. The van der Waals surface area contributed by atoms with Crippen LogP contribution in [0.25, 0.3) is 0 Å². The molecule has 3 N–H and O–H groups in total. The first-order valence-electron chi connectivity index (χ1n) is 42.6. The molecule has 6 heteroatoms. The van der Waals surface area contributed by atoms with Crippen LogP contribution in [0.1, 0.15) is 489 Å². The second kappa shape index (κ2) is 81.8. The lowest BCUT2D eigenvalue weighted by atomic mass is 10.0. The van der Waals surface area contributed by atoms with Gasteiger partial charge in [-0.25, -0.2) is 0 Å². The molecule has 546 valence electrons. The highest BCUT2D eigenvalue weighted by Gasteiger charge is 2.20. The Labute approximate surface area is 577 Å². The zero-order chi connectivity index (χ0) is 66.3. The first-order chi connectivity index (χ1) is 45.5. The van der Waals surface area contributed by atoms with Gasteiger partial charge >= 0.3 is 5.97 Å². The van der Waals surface area contributed by atoms with Crippen molar-refractivity contribution in [2.24, 2.45) is 0 Å². The van der Waals surface area contributed by atoms with Crippen LogP contribution in [-0.2, 0) is 14.3 Å². The Hall–Kier alpha value is -1.66. The van der Waals surface area contributed by atoms with Gasteiger partial charge in [0.2, 0.25) is 5.91 Å². The third kappa shape index (κ3) is 77.3. The molecular weight excluding hydrogens is 1130 g/mol. The fraction of sp³-hybridized carbons (Fsp3) is 0.930. The van der Waals surface area contributed by atoms with E-state index >= 15 is 0 Å². The van der Waals surface area contributed by atoms with E-state index in [9.17, 15) is 19.8 Å². The standard InChI is InChI=1S/C86H167NO5/c1-3-5-7-9-11-13-15-17-19-21-23-24-36-39-43-46-50-54-58-62-66-70-74-78-84(89)83(82-88)87-85(90)79-75-71-67-63-59-55-51-47-44-40-37-34-32-30-28-26-25-27-29-31-33-35-38-41-45-49-53-57-61-65-69-73-77-81-92-86(91)80-76-72-68-64-60-56-52-48-42-22-20-18-16-14-12-10-8-6-4-2/h29,31,35,38,83-84,88-89H,3-28,30,32-34,36-37,39-82H2,1-2H3,(H,87,90)/b31-29-,38-35-. The zero-order valence-electron chi connectivity index (χ0n) is 62.8. The van der Waals surface area contributed by atoms with E-state index in [4.69, 9.17) is 4.74 Å². The molecule has 0 saturated carbocycles. The topological polar surface area (TPSA) is 95.9 Å². The molecule has 0 rings (SSSR count). The van der Waals surface area contributed by atoms with Gasteiger partial charge in [-0.05, 0) is 57.8 Å². The first-order valence-corrected chi connectivity index (χ1v) is 42.6. The molecule has 0 radical (unpaired) electrons. The molecule has 0 heterocycles. The molecule has 0 aliphatic heterocycles. The molecule has 0 aliphatic carbocycles. The predicted molar refractivity (Wildman–Crippen MR) is 407 cm³/mol. The predicted octanol–water partition coefficient (Wildman–Crippen LogP) is 28.4. The average molecular weight is 1300 g/mol. The summed E-state index contributed by atoms with van der Waals surface area (Å²) in [6.45, 7) is 5.02. The number of allylic oxidation sites excluding steroid dienone is 4. The van der Waals surface area contributed by atoms with Crippen molar-refractivity contribution in [2.75, 3.05) is 13.2 Å². The number of amides is 1. The van der Waals surface area contributed by atoms with Gasteiger partial charge in [0.1, 0.15) is 0 Å². The molecule has 0 bridgehead atoms. The highest BCUT2D eigenvalue weighted by Crippen LogP contribution is 2.21. The van der Waals surface area contributed by atoms with Crippen LogP contribution in [0.5, 0.6) is 0 Å². The van der Waals surface area contributed by atoms with Gasteiger partial charge in [0, 0.05) is 12.8 Å². The molecule has 0 aromatic rings. The highest BCUT2D eigenvalue weighted by atomic mass is 16.5. The van der Waals surface area contributed by atoms with Crippen LogP contribution in [-0.4, -0.2) is 47.4 Å². The minimum atomic E-state index is -0.664. The van der Waals surface area contributed by atoms with Crippen LogP contribution >= 0.6 is 0 Å². The lowest BCUT2D eigenvalue weighted by molar-refractivity contribution is -0.143. The summed E-state index contributed by atoms with van der Waals surface area (Å²) >= 11 is 0. The van der Waals surface area contributed by atoms with Gasteiger partial charge in [0.05, 0.1) is 25.4 Å². The van der Waals surface area contributed by atoms with Gasteiger partial charge in [-0.1, -0.05) is 443 Å². The third-order valence-corrected chi connectivity index (χ3v) is 20.3. The van der Waals surface area contributed by atoms with Crippen LogP contribution in [0, 0.1) is 0 Å². The molecule has 6 nitrogen and oxygen atoms in total. The lowest BCUT2D eigenvalue weighted by Crippen LogP contribution is -2.45. The van der Waals surface area contributed by atoms with Crippen molar-refractivity contribution >= 4 is 11.9 Å². The summed E-state index contributed by atoms with van der Waals surface area (Å²) in [5.41, 5.74) is 0. The summed E-state index contributed by atoms with van der Waals surface area (Å²) in [5, 5.41) is 23.5. The second-order valence-electron chi connectivity index (χ2n) is 29.5. The number of aliphatic hydroxyl groups is 2. The number of rotatable bonds is 81. The smallest absolute Gasteiger partial charge is 0.305 e. The molecule has 0 aromatic heterocycles.